The van der Waals surface area contributed by atoms with Crippen molar-refractivity contribution in [2.24, 2.45) is 0 Å². The Morgan fingerprint density at radius 3 is 2.62 bits per heavy atom. The molecule has 2 rings (SSSR count). The Morgan fingerprint density at radius 2 is 2.06 bits per heavy atom. The Morgan fingerprint density at radius 1 is 1.31 bits per heavy atom. The topological polar surface area (TPSA) is 46.0 Å². The van der Waals surface area contributed by atoms with Crippen molar-refractivity contribution >= 4 is 27.3 Å². The Kier molecular flexibility index (Phi) is 3.10. The maximum atomic E-state index is 9.83. The summed E-state index contributed by atoms with van der Waals surface area (Å²) in [5.41, 5.74) is -0.173. The Bertz CT molecular complexity index is 505. The number of thiophene rings is 1. The normalized spacial score (nSPS) is 11.8. The maximum Gasteiger partial charge on any atom is 0.160 e. The fraction of sp³-hybridized carbons (Fsp3) is 0.273. The van der Waals surface area contributed by atoms with Gasteiger partial charge in [-0.2, -0.15) is 0 Å². The number of hydrogen-bond acceptors (Lipinski definition) is 4. The standard InChI is InChI=1S/C11H11BrN2OS/c1-11(2,15)10-13-6-5-7(14-10)8-3-4-9(12)16-8/h3-6,15H,1-2H3. The van der Waals surface area contributed by atoms with Gasteiger partial charge in [-0.3, -0.25) is 0 Å². The van der Waals surface area contributed by atoms with Gasteiger partial charge in [0.05, 0.1) is 14.4 Å². The molecule has 3 nitrogen and oxygen atoms in total. The van der Waals surface area contributed by atoms with Gasteiger partial charge in [0.1, 0.15) is 5.60 Å². The van der Waals surface area contributed by atoms with Crippen LogP contribution in [0, 0.1) is 0 Å². The number of aromatic nitrogens is 2. The van der Waals surface area contributed by atoms with E-state index in [1.807, 2.05) is 18.2 Å². The van der Waals surface area contributed by atoms with Crippen LogP contribution in [0.15, 0.2) is 28.2 Å². The fourth-order valence-corrected chi connectivity index (χ4v) is 2.60. The third-order valence-electron chi connectivity index (χ3n) is 2.03. The lowest BCUT2D eigenvalue weighted by atomic mass is 10.1. The third kappa shape index (κ3) is 2.48. The molecule has 0 aliphatic carbocycles. The molecule has 0 spiro atoms. The van der Waals surface area contributed by atoms with E-state index in [2.05, 4.69) is 25.9 Å². The molecule has 0 unspecified atom stereocenters. The van der Waals surface area contributed by atoms with Crippen LogP contribution in [0.4, 0.5) is 0 Å². The lowest BCUT2D eigenvalue weighted by Crippen LogP contribution is -2.19. The van der Waals surface area contributed by atoms with Crippen LogP contribution < -0.4 is 0 Å². The van der Waals surface area contributed by atoms with E-state index in [4.69, 9.17) is 0 Å². The molecule has 0 aromatic carbocycles. The highest BCUT2D eigenvalue weighted by Crippen LogP contribution is 2.30. The fourth-order valence-electron chi connectivity index (χ4n) is 1.24. The summed E-state index contributed by atoms with van der Waals surface area (Å²) in [6.07, 6.45) is 1.67. The molecule has 1 N–H and O–H groups in total. The molecule has 2 heterocycles. The summed E-state index contributed by atoms with van der Waals surface area (Å²) in [6, 6.07) is 5.81. The molecule has 0 saturated carbocycles. The minimum Gasteiger partial charge on any atom is -0.382 e. The van der Waals surface area contributed by atoms with Gasteiger partial charge in [-0.25, -0.2) is 9.97 Å². The van der Waals surface area contributed by atoms with Crippen molar-refractivity contribution < 1.29 is 5.11 Å². The molecule has 5 heteroatoms. The van der Waals surface area contributed by atoms with E-state index < -0.39 is 5.60 Å². The van der Waals surface area contributed by atoms with Crippen molar-refractivity contribution in [1.29, 1.82) is 0 Å². The second-order valence-electron chi connectivity index (χ2n) is 3.93. The molecule has 0 atom stereocenters. The van der Waals surface area contributed by atoms with E-state index in [1.165, 1.54) is 0 Å². The quantitative estimate of drug-likeness (QED) is 0.926. The summed E-state index contributed by atoms with van der Waals surface area (Å²) in [4.78, 5) is 9.49. The number of rotatable bonds is 2. The van der Waals surface area contributed by atoms with E-state index in [0.717, 1.165) is 14.4 Å². The van der Waals surface area contributed by atoms with E-state index in [9.17, 15) is 5.11 Å². The predicted octanol–water partition coefficient (Wildman–Crippen LogP) is 3.20. The number of hydrogen-bond donors (Lipinski definition) is 1. The van der Waals surface area contributed by atoms with E-state index in [0.29, 0.717) is 5.82 Å². The van der Waals surface area contributed by atoms with Gasteiger partial charge in [-0.05, 0) is 48.0 Å². The summed E-state index contributed by atoms with van der Waals surface area (Å²) >= 11 is 5.02. The summed E-state index contributed by atoms with van der Waals surface area (Å²) < 4.78 is 1.06. The molecule has 0 saturated heterocycles. The zero-order chi connectivity index (χ0) is 11.8. The summed E-state index contributed by atoms with van der Waals surface area (Å²) in [5.74, 6) is 0.439. The van der Waals surface area contributed by atoms with Crippen molar-refractivity contribution in [3.05, 3.63) is 34.0 Å². The Labute approximate surface area is 106 Å². The van der Waals surface area contributed by atoms with Crippen LogP contribution in [0.5, 0.6) is 0 Å². The lowest BCUT2D eigenvalue weighted by molar-refractivity contribution is 0.0688. The smallest absolute Gasteiger partial charge is 0.160 e. The minimum absolute atomic E-state index is 0.439. The van der Waals surface area contributed by atoms with Crippen LogP contribution in [0.2, 0.25) is 0 Å². The van der Waals surface area contributed by atoms with Crippen molar-refractivity contribution in [3.63, 3.8) is 0 Å². The summed E-state index contributed by atoms with van der Waals surface area (Å²) in [6.45, 7) is 3.35. The van der Waals surface area contributed by atoms with Crippen LogP contribution in [-0.2, 0) is 5.60 Å². The van der Waals surface area contributed by atoms with Gasteiger partial charge in [-0.1, -0.05) is 0 Å². The molecule has 0 amide bonds. The van der Waals surface area contributed by atoms with Gasteiger partial charge >= 0.3 is 0 Å². The Balaban J connectivity index is 2.44. The largest absolute Gasteiger partial charge is 0.382 e. The van der Waals surface area contributed by atoms with Crippen LogP contribution in [0.1, 0.15) is 19.7 Å². The first-order valence-corrected chi connectivity index (χ1v) is 6.39. The van der Waals surface area contributed by atoms with Crippen molar-refractivity contribution in [1.82, 2.24) is 9.97 Å². The highest BCUT2D eigenvalue weighted by Gasteiger charge is 2.20. The molecule has 0 aliphatic heterocycles. The molecule has 84 valence electrons. The van der Waals surface area contributed by atoms with Crippen LogP contribution in [-0.4, -0.2) is 15.1 Å². The van der Waals surface area contributed by atoms with Gasteiger partial charge in [0.25, 0.3) is 0 Å². The van der Waals surface area contributed by atoms with Gasteiger partial charge in [0.2, 0.25) is 0 Å². The number of halogens is 1. The maximum absolute atomic E-state index is 9.83. The number of nitrogens with zero attached hydrogens (tertiary/aromatic N) is 2. The monoisotopic (exact) mass is 298 g/mol. The van der Waals surface area contributed by atoms with Gasteiger partial charge in [0, 0.05) is 6.20 Å². The highest BCUT2D eigenvalue weighted by molar-refractivity contribution is 9.11. The molecule has 0 bridgehead atoms. The molecule has 0 fully saturated rings. The van der Waals surface area contributed by atoms with Crippen LogP contribution in [0.25, 0.3) is 10.6 Å². The molecular formula is C11H11BrN2OS. The first-order valence-electron chi connectivity index (χ1n) is 4.78. The predicted molar refractivity (Wildman–Crippen MR) is 68.3 cm³/mol. The van der Waals surface area contributed by atoms with Crippen molar-refractivity contribution in [3.8, 4) is 10.6 Å². The SMILES string of the molecule is CC(C)(O)c1nccc(-c2ccc(Br)s2)n1. The molecule has 0 aliphatic rings. The average molecular weight is 299 g/mol. The molecule has 2 aromatic heterocycles. The average Bonchev–Trinajstić information content (AvgIpc) is 2.64. The highest BCUT2D eigenvalue weighted by atomic mass is 79.9. The zero-order valence-corrected chi connectivity index (χ0v) is 11.3. The molecule has 0 radical (unpaired) electrons. The van der Waals surface area contributed by atoms with Crippen molar-refractivity contribution in [2.75, 3.05) is 0 Å². The van der Waals surface area contributed by atoms with Gasteiger partial charge in [0.15, 0.2) is 5.82 Å². The summed E-state index contributed by atoms with van der Waals surface area (Å²) in [7, 11) is 0. The summed E-state index contributed by atoms with van der Waals surface area (Å²) in [5, 5.41) is 9.83. The first kappa shape index (κ1) is 11.7. The minimum atomic E-state index is -1.01. The van der Waals surface area contributed by atoms with Gasteiger partial charge < -0.3 is 5.11 Å². The molecule has 2 aromatic rings. The molecule has 16 heavy (non-hydrogen) atoms. The second-order valence-corrected chi connectivity index (χ2v) is 6.39. The number of aliphatic hydroxyl groups is 1. The first-order chi connectivity index (χ1) is 7.47. The van der Waals surface area contributed by atoms with E-state index >= 15 is 0 Å². The molecular weight excluding hydrogens is 288 g/mol. The van der Waals surface area contributed by atoms with Crippen LogP contribution >= 0.6 is 27.3 Å². The zero-order valence-electron chi connectivity index (χ0n) is 8.94. The van der Waals surface area contributed by atoms with E-state index in [-0.39, 0.29) is 0 Å². The lowest BCUT2D eigenvalue weighted by Gasteiger charge is -2.15. The van der Waals surface area contributed by atoms with Crippen LogP contribution in [0.3, 0.4) is 0 Å². The second kappa shape index (κ2) is 4.24. The van der Waals surface area contributed by atoms with Crippen molar-refractivity contribution in [2.45, 2.75) is 19.4 Å². The third-order valence-corrected chi connectivity index (χ3v) is 3.67. The van der Waals surface area contributed by atoms with E-state index in [1.54, 1.807) is 31.4 Å². The van der Waals surface area contributed by atoms with Gasteiger partial charge in [-0.15, -0.1) is 11.3 Å². The Hall–Kier alpha value is -0.780.